The highest BCUT2D eigenvalue weighted by molar-refractivity contribution is 5.77. The van der Waals surface area contributed by atoms with Gasteiger partial charge in [0.2, 0.25) is 0 Å². The first-order valence-electron chi connectivity index (χ1n) is 6.62. The van der Waals surface area contributed by atoms with Crippen molar-refractivity contribution in [3.63, 3.8) is 0 Å². The molecule has 0 amide bonds. The molecule has 0 aliphatic heterocycles. The molecule has 16 heavy (non-hydrogen) atoms. The molecule has 1 fully saturated rings. The molecule has 3 N–H and O–H groups in total. The maximum Gasteiger partial charge on any atom is 0.188 e. The standard InChI is InChI=1S/C13H27N3/c1-4-15-12(14)16-10-13(9-11(2)3)7-5-6-8-13/h11H,4-10H2,1-3H3,(H3,14,15,16). The molecular weight excluding hydrogens is 198 g/mol. The summed E-state index contributed by atoms with van der Waals surface area (Å²) in [5.41, 5.74) is 6.23. The largest absolute Gasteiger partial charge is 0.370 e. The van der Waals surface area contributed by atoms with Crippen LogP contribution in [0.3, 0.4) is 0 Å². The number of nitrogens with one attached hydrogen (secondary N) is 1. The fourth-order valence-electron chi connectivity index (χ4n) is 2.91. The van der Waals surface area contributed by atoms with Crippen molar-refractivity contribution in [2.45, 2.75) is 52.9 Å². The van der Waals surface area contributed by atoms with Crippen LogP contribution >= 0.6 is 0 Å². The van der Waals surface area contributed by atoms with Crippen LogP contribution in [-0.2, 0) is 0 Å². The van der Waals surface area contributed by atoms with Crippen molar-refractivity contribution < 1.29 is 0 Å². The van der Waals surface area contributed by atoms with E-state index in [1.54, 1.807) is 0 Å². The van der Waals surface area contributed by atoms with Crippen molar-refractivity contribution in [1.29, 1.82) is 0 Å². The van der Waals surface area contributed by atoms with E-state index in [1.165, 1.54) is 32.1 Å². The summed E-state index contributed by atoms with van der Waals surface area (Å²) in [5.74, 6) is 1.37. The van der Waals surface area contributed by atoms with Crippen LogP contribution in [0.2, 0.25) is 0 Å². The van der Waals surface area contributed by atoms with Crippen LogP contribution in [0, 0.1) is 11.3 Å². The third-order valence-electron chi connectivity index (χ3n) is 3.45. The van der Waals surface area contributed by atoms with Crippen molar-refractivity contribution in [2.75, 3.05) is 13.1 Å². The van der Waals surface area contributed by atoms with E-state index in [4.69, 9.17) is 5.73 Å². The summed E-state index contributed by atoms with van der Waals surface area (Å²) in [6.45, 7) is 8.41. The number of aliphatic imine (C=N–C) groups is 1. The van der Waals surface area contributed by atoms with Crippen LogP contribution in [0.25, 0.3) is 0 Å². The molecule has 3 nitrogen and oxygen atoms in total. The molecule has 0 aromatic carbocycles. The minimum Gasteiger partial charge on any atom is -0.370 e. The first kappa shape index (κ1) is 13.3. The maximum atomic E-state index is 5.79. The normalized spacial score (nSPS) is 20.4. The fourth-order valence-corrected chi connectivity index (χ4v) is 2.91. The lowest BCUT2D eigenvalue weighted by Gasteiger charge is -2.29. The Bertz CT molecular complexity index is 227. The van der Waals surface area contributed by atoms with E-state index in [0.29, 0.717) is 11.4 Å². The third-order valence-corrected chi connectivity index (χ3v) is 3.45. The van der Waals surface area contributed by atoms with Gasteiger partial charge in [-0.25, -0.2) is 0 Å². The van der Waals surface area contributed by atoms with Crippen molar-refractivity contribution >= 4 is 5.96 Å². The highest BCUT2D eigenvalue weighted by Crippen LogP contribution is 2.43. The maximum absolute atomic E-state index is 5.79. The number of nitrogens with two attached hydrogens (primary N) is 1. The lowest BCUT2D eigenvalue weighted by atomic mass is 9.78. The molecule has 0 spiro atoms. The van der Waals surface area contributed by atoms with Crippen LogP contribution in [-0.4, -0.2) is 19.0 Å². The Kier molecular flexibility index (Phi) is 5.10. The second-order valence-electron chi connectivity index (χ2n) is 5.54. The van der Waals surface area contributed by atoms with Gasteiger partial charge in [-0.05, 0) is 37.5 Å². The summed E-state index contributed by atoms with van der Waals surface area (Å²) in [7, 11) is 0. The summed E-state index contributed by atoms with van der Waals surface area (Å²) in [6, 6.07) is 0. The Morgan fingerprint density at radius 1 is 1.38 bits per heavy atom. The molecule has 0 aromatic rings. The molecule has 1 aliphatic rings. The van der Waals surface area contributed by atoms with Gasteiger partial charge in [-0.1, -0.05) is 26.7 Å². The molecule has 1 rings (SSSR count). The molecule has 0 saturated heterocycles. The van der Waals surface area contributed by atoms with E-state index in [0.717, 1.165) is 19.0 Å². The summed E-state index contributed by atoms with van der Waals surface area (Å²) < 4.78 is 0. The molecule has 1 saturated carbocycles. The van der Waals surface area contributed by atoms with E-state index in [9.17, 15) is 0 Å². The zero-order valence-electron chi connectivity index (χ0n) is 11.1. The lowest BCUT2D eigenvalue weighted by molar-refractivity contribution is 0.245. The van der Waals surface area contributed by atoms with Gasteiger partial charge in [-0.3, -0.25) is 4.99 Å². The number of rotatable bonds is 5. The van der Waals surface area contributed by atoms with Gasteiger partial charge in [-0.2, -0.15) is 0 Å². The summed E-state index contributed by atoms with van der Waals surface area (Å²) in [5, 5.41) is 3.07. The van der Waals surface area contributed by atoms with Crippen LogP contribution in [0.4, 0.5) is 0 Å². The summed E-state index contributed by atoms with van der Waals surface area (Å²) in [4.78, 5) is 4.50. The fraction of sp³-hybridized carbons (Fsp3) is 0.923. The Labute approximate surface area is 99.9 Å². The van der Waals surface area contributed by atoms with Crippen LogP contribution < -0.4 is 11.1 Å². The van der Waals surface area contributed by atoms with Crippen molar-refractivity contribution in [3.8, 4) is 0 Å². The van der Waals surface area contributed by atoms with E-state index in [-0.39, 0.29) is 0 Å². The van der Waals surface area contributed by atoms with Crippen LogP contribution in [0.1, 0.15) is 52.9 Å². The Morgan fingerprint density at radius 2 is 2.00 bits per heavy atom. The number of hydrogen-bond acceptors (Lipinski definition) is 1. The van der Waals surface area contributed by atoms with Gasteiger partial charge < -0.3 is 11.1 Å². The predicted octanol–water partition coefficient (Wildman–Crippen LogP) is 2.52. The topological polar surface area (TPSA) is 50.4 Å². The molecule has 0 bridgehead atoms. The second-order valence-corrected chi connectivity index (χ2v) is 5.54. The van der Waals surface area contributed by atoms with Gasteiger partial charge in [0.15, 0.2) is 5.96 Å². The molecule has 0 radical (unpaired) electrons. The lowest BCUT2D eigenvalue weighted by Crippen LogP contribution is -2.33. The molecule has 3 heteroatoms. The van der Waals surface area contributed by atoms with Gasteiger partial charge in [0.1, 0.15) is 0 Å². The highest BCUT2D eigenvalue weighted by Gasteiger charge is 2.34. The molecule has 0 heterocycles. The van der Waals surface area contributed by atoms with E-state index in [1.807, 2.05) is 6.92 Å². The first-order valence-corrected chi connectivity index (χ1v) is 6.62. The third kappa shape index (κ3) is 4.03. The minimum atomic E-state index is 0.439. The average molecular weight is 225 g/mol. The molecule has 94 valence electrons. The Morgan fingerprint density at radius 3 is 2.50 bits per heavy atom. The molecule has 0 atom stereocenters. The first-order chi connectivity index (χ1) is 7.58. The predicted molar refractivity (Wildman–Crippen MR) is 70.5 cm³/mol. The average Bonchev–Trinajstić information content (AvgIpc) is 2.64. The van der Waals surface area contributed by atoms with Gasteiger partial charge >= 0.3 is 0 Å². The van der Waals surface area contributed by atoms with E-state index >= 15 is 0 Å². The van der Waals surface area contributed by atoms with Gasteiger partial charge in [-0.15, -0.1) is 0 Å². The molecular formula is C13H27N3. The van der Waals surface area contributed by atoms with Gasteiger partial charge in [0, 0.05) is 13.1 Å². The summed E-state index contributed by atoms with van der Waals surface area (Å²) in [6.07, 6.45) is 6.67. The number of hydrogen-bond donors (Lipinski definition) is 2. The quantitative estimate of drug-likeness (QED) is 0.558. The molecule has 0 aromatic heterocycles. The summed E-state index contributed by atoms with van der Waals surface area (Å²) >= 11 is 0. The van der Waals surface area contributed by atoms with Gasteiger partial charge in [0.05, 0.1) is 0 Å². The zero-order chi connectivity index (χ0) is 12.0. The van der Waals surface area contributed by atoms with Crippen molar-refractivity contribution in [1.82, 2.24) is 5.32 Å². The molecule has 1 aliphatic carbocycles. The van der Waals surface area contributed by atoms with Crippen LogP contribution in [0.5, 0.6) is 0 Å². The smallest absolute Gasteiger partial charge is 0.188 e. The van der Waals surface area contributed by atoms with Crippen molar-refractivity contribution in [3.05, 3.63) is 0 Å². The number of guanidine groups is 1. The minimum absolute atomic E-state index is 0.439. The SMILES string of the molecule is CCNC(N)=NCC1(CC(C)C)CCCC1. The van der Waals surface area contributed by atoms with Crippen LogP contribution in [0.15, 0.2) is 4.99 Å². The van der Waals surface area contributed by atoms with Gasteiger partial charge in [0.25, 0.3) is 0 Å². The van der Waals surface area contributed by atoms with E-state index in [2.05, 4.69) is 24.2 Å². The Balaban J connectivity index is 2.54. The zero-order valence-corrected chi connectivity index (χ0v) is 11.1. The van der Waals surface area contributed by atoms with Crippen molar-refractivity contribution in [2.24, 2.45) is 22.1 Å². The monoisotopic (exact) mass is 225 g/mol. The Hall–Kier alpha value is -0.730. The molecule has 0 unspecified atom stereocenters. The second kappa shape index (κ2) is 6.12. The highest BCUT2D eigenvalue weighted by atomic mass is 15.1. The van der Waals surface area contributed by atoms with E-state index < -0.39 is 0 Å². The number of nitrogens with zero attached hydrogens (tertiary/aromatic N) is 1.